The molecule has 1 atom stereocenters. The van der Waals surface area contributed by atoms with Gasteiger partial charge >= 0.3 is 0 Å². The van der Waals surface area contributed by atoms with Crippen molar-refractivity contribution in [1.29, 1.82) is 0 Å². The van der Waals surface area contributed by atoms with Gasteiger partial charge in [0.25, 0.3) is 0 Å². The van der Waals surface area contributed by atoms with Gasteiger partial charge in [0, 0.05) is 5.56 Å². The van der Waals surface area contributed by atoms with Gasteiger partial charge in [-0.2, -0.15) is 0 Å². The quantitative estimate of drug-likeness (QED) is 0.405. The summed E-state index contributed by atoms with van der Waals surface area (Å²) in [6, 6.07) is 9.00. The second-order valence-corrected chi connectivity index (χ2v) is 3.62. The van der Waals surface area contributed by atoms with Crippen molar-refractivity contribution in [2.45, 2.75) is 26.2 Å². The van der Waals surface area contributed by atoms with Gasteiger partial charge in [-0.25, -0.2) is 0 Å². The van der Waals surface area contributed by atoms with Gasteiger partial charge in [-0.1, -0.05) is 50.1 Å². The molecule has 1 aromatic rings. The summed E-state index contributed by atoms with van der Waals surface area (Å²) in [5.74, 6) is -0.522. The fourth-order valence-electron chi connectivity index (χ4n) is 1.50. The third-order valence-electron chi connectivity index (χ3n) is 2.43. The molecule has 1 rings (SSSR count). The molecule has 0 aliphatic rings. The molecule has 2 nitrogen and oxygen atoms in total. The van der Waals surface area contributed by atoms with Crippen molar-refractivity contribution in [2.75, 3.05) is 0 Å². The summed E-state index contributed by atoms with van der Waals surface area (Å²) in [7, 11) is 0. The van der Waals surface area contributed by atoms with Crippen molar-refractivity contribution in [2.24, 2.45) is 5.92 Å². The van der Waals surface area contributed by atoms with Gasteiger partial charge in [-0.3, -0.25) is 4.79 Å². The van der Waals surface area contributed by atoms with E-state index >= 15 is 0 Å². The van der Waals surface area contributed by atoms with Crippen molar-refractivity contribution in [3.05, 3.63) is 35.9 Å². The molecule has 0 bridgehead atoms. The van der Waals surface area contributed by atoms with Crippen LogP contribution in [0.1, 0.15) is 36.5 Å². The molecule has 0 aliphatic heterocycles. The fraction of sp³-hybridized carbons (Fsp3) is 0.385. The highest BCUT2D eigenvalue weighted by atomic mass is 16.1. The lowest BCUT2D eigenvalue weighted by Gasteiger charge is -2.07. The maximum Gasteiger partial charge on any atom is 0.173 e. The van der Waals surface area contributed by atoms with Crippen LogP contribution in [0.15, 0.2) is 30.3 Å². The number of hydrogen-bond donors (Lipinski definition) is 0. The van der Waals surface area contributed by atoms with Crippen molar-refractivity contribution >= 4 is 12.1 Å². The van der Waals surface area contributed by atoms with E-state index in [4.69, 9.17) is 0 Å². The normalized spacial score (nSPS) is 12.1. The number of ketones is 1. The van der Waals surface area contributed by atoms with Gasteiger partial charge < -0.3 is 4.79 Å². The number of unbranched alkanes of at least 4 members (excludes halogenated alkanes) is 1. The standard InChI is InChI=1S/C13H16O2/c1-2-3-7-12(10-14)13(15)11-8-5-4-6-9-11/h4-6,8-10,12H,2-3,7H2,1H3. The fourth-order valence-corrected chi connectivity index (χ4v) is 1.50. The van der Waals surface area contributed by atoms with Crippen LogP contribution in [0.4, 0.5) is 0 Å². The Morgan fingerprint density at radius 2 is 2.00 bits per heavy atom. The molecule has 0 heterocycles. The number of carbonyl (C=O) groups excluding carboxylic acids is 2. The zero-order chi connectivity index (χ0) is 11.1. The number of rotatable bonds is 6. The topological polar surface area (TPSA) is 34.1 Å². The molecule has 1 aromatic carbocycles. The Labute approximate surface area is 90.3 Å². The third kappa shape index (κ3) is 3.31. The predicted octanol–water partition coefficient (Wildman–Crippen LogP) is 2.87. The Hall–Kier alpha value is -1.44. The van der Waals surface area contributed by atoms with Crippen LogP contribution < -0.4 is 0 Å². The van der Waals surface area contributed by atoms with Crippen LogP contribution in [-0.4, -0.2) is 12.1 Å². The monoisotopic (exact) mass is 204 g/mol. The highest BCUT2D eigenvalue weighted by Gasteiger charge is 2.17. The van der Waals surface area contributed by atoms with E-state index in [2.05, 4.69) is 6.92 Å². The van der Waals surface area contributed by atoms with Crippen molar-refractivity contribution in [3.63, 3.8) is 0 Å². The Kier molecular flexibility index (Phi) is 4.75. The lowest BCUT2D eigenvalue weighted by Crippen LogP contribution is -2.16. The molecule has 0 aliphatic carbocycles. The minimum absolute atomic E-state index is 0.0564. The van der Waals surface area contributed by atoms with Crippen LogP contribution in [0.2, 0.25) is 0 Å². The summed E-state index contributed by atoms with van der Waals surface area (Å²) in [6.07, 6.45) is 3.35. The van der Waals surface area contributed by atoms with Crippen molar-refractivity contribution in [1.82, 2.24) is 0 Å². The number of carbonyl (C=O) groups is 2. The summed E-state index contributed by atoms with van der Waals surface area (Å²) < 4.78 is 0. The lowest BCUT2D eigenvalue weighted by molar-refractivity contribution is -0.110. The zero-order valence-electron chi connectivity index (χ0n) is 8.98. The van der Waals surface area contributed by atoms with Crippen molar-refractivity contribution in [3.8, 4) is 0 Å². The van der Waals surface area contributed by atoms with Crippen LogP contribution in [0.25, 0.3) is 0 Å². The highest BCUT2D eigenvalue weighted by molar-refractivity contribution is 6.05. The van der Waals surface area contributed by atoms with E-state index in [9.17, 15) is 9.59 Å². The van der Waals surface area contributed by atoms with Gasteiger partial charge in [0.05, 0.1) is 5.92 Å². The molecule has 0 saturated carbocycles. The highest BCUT2D eigenvalue weighted by Crippen LogP contribution is 2.13. The minimum Gasteiger partial charge on any atom is -0.303 e. The Balaban J connectivity index is 2.69. The predicted molar refractivity (Wildman–Crippen MR) is 59.9 cm³/mol. The minimum atomic E-state index is -0.465. The number of Topliss-reactive ketones (excluding diaryl/α,β-unsaturated/α-hetero) is 1. The van der Waals surface area contributed by atoms with E-state index in [1.54, 1.807) is 12.1 Å². The number of hydrogen-bond acceptors (Lipinski definition) is 2. The molecule has 0 spiro atoms. The molecule has 0 aromatic heterocycles. The average molecular weight is 204 g/mol. The van der Waals surface area contributed by atoms with Crippen LogP contribution in [0, 0.1) is 5.92 Å². The number of benzene rings is 1. The number of aldehydes is 1. The Morgan fingerprint density at radius 3 is 2.53 bits per heavy atom. The molecule has 80 valence electrons. The van der Waals surface area contributed by atoms with Gasteiger partial charge in [0.15, 0.2) is 5.78 Å². The molecule has 0 radical (unpaired) electrons. The van der Waals surface area contributed by atoms with E-state index in [1.807, 2.05) is 18.2 Å². The molecule has 1 unspecified atom stereocenters. The summed E-state index contributed by atoms with van der Waals surface area (Å²) in [6.45, 7) is 2.05. The molecule has 0 saturated heterocycles. The second kappa shape index (κ2) is 6.12. The molecular formula is C13H16O2. The van der Waals surface area contributed by atoms with Gasteiger partial charge in [-0.15, -0.1) is 0 Å². The maximum absolute atomic E-state index is 11.9. The smallest absolute Gasteiger partial charge is 0.173 e. The first kappa shape index (κ1) is 11.6. The van der Waals surface area contributed by atoms with Crippen molar-refractivity contribution < 1.29 is 9.59 Å². The van der Waals surface area contributed by atoms with Gasteiger partial charge in [0.2, 0.25) is 0 Å². The molecular weight excluding hydrogens is 188 g/mol. The van der Waals surface area contributed by atoms with E-state index in [0.717, 1.165) is 19.1 Å². The van der Waals surface area contributed by atoms with Crippen LogP contribution in [0.5, 0.6) is 0 Å². The molecule has 2 heteroatoms. The summed E-state index contributed by atoms with van der Waals surface area (Å²) in [5, 5.41) is 0. The molecule has 0 amide bonds. The summed E-state index contributed by atoms with van der Waals surface area (Å²) >= 11 is 0. The maximum atomic E-state index is 11.9. The molecule has 15 heavy (non-hydrogen) atoms. The first-order valence-corrected chi connectivity index (χ1v) is 5.34. The summed E-state index contributed by atoms with van der Waals surface area (Å²) in [4.78, 5) is 22.7. The third-order valence-corrected chi connectivity index (χ3v) is 2.43. The van der Waals surface area contributed by atoms with Gasteiger partial charge in [-0.05, 0) is 6.42 Å². The van der Waals surface area contributed by atoms with E-state index in [1.165, 1.54) is 0 Å². The zero-order valence-corrected chi connectivity index (χ0v) is 8.98. The van der Waals surface area contributed by atoms with Crippen LogP contribution in [0.3, 0.4) is 0 Å². The summed E-state index contributed by atoms with van der Waals surface area (Å²) in [5.41, 5.74) is 0.630. The lowest BCUT2D eigenvalue weighted by atomic mass is 9.94. The Bertz CT molecular complexity index is 317. The van der Waals surface area contributed by atoms with Crippen LogP contribution >= 0.6 is 0 Å². The molecule has 0 fully saturated rings. The van der Waals surface area contributed by atoms with Gasteiger partial charge in [0.1, 0.15) is 6.29 Å². The SMILES string of the molecule is CCCCC(C=O)C(=O)c1ccccc1. The second-order valence-electron chi connectivity index (χ2n) is 3.62. The molecule has 0 N–H and O–H groups in total. The average Bonchev–Trinajstić information content (AvgIpc) is 2.31. The first-order chi connectivity index (χ1) is 7.29. The van der Waals surface area contributed by atoms with Crippen LogP contribution in [-0.2, 0) is 4.79 Å². The van der Waals surface area contributed by atoms with E-state index in [-0.39, 0.29) is 5.78 Å². The Morgan fingerprint density at radius 1 is 1.33 bits per heavy atom. The largest absolute Gasteiger partial charge is 0.303 e. The van der Waals surface area contributed by atoms with E-state index < -0.39 is 5.92 Å². The van der Waals surface area contributed by atoms with E-state index in [0.29, 0.717) is 12.0 Å². The first-order valence-electron chi connectivity index (χ1n) is 5.34.